The minimum absolute atomic E-state index is 0.162. The molecule has 0 aromatic heterocycles. The van der Waals surface area contributed by atoms with Gasteiger partial charge in [-0.05, 0) is 83.5 Å². The van der Waals surface area contributed by atoms with Gasteiger partial charge in [0.25, 0.3) is 0 Å². The number of aliphatic hydroxyl groups is 4. The summed E-state index contributed by atoms with van der Waals surface area (Å²) in [5, 5.41) is 40.0. The van der Waals surface area contributed by atoms with Crippen LogP contribution in [0.4, 0.5) is 0 Å². The summed E-state index contributed by atoms with van der Waals surface area (Å²) in [4.78, 5) is 25.2. The van der Waals surface area contributed by atoms with E-state index in [1.807, 2.05) is 6.08 Å². The first-order valence-corrected chi connectivity index (χ1v) is 20.3. The van der Waals surface area contributed by atoms with Gasteiger partial charge >= 0.3 is 11.9 Å². The summed E-state index contributed by atoms with van der Waals surface area (Å²) in [5.41, 5.74) is 0. The van der Waals surface area contributed by atoms with Crippen LogP contribution in [0.25, 0.3) is 0 Å². The van der Waals surface area contributed by atoms with Crippen LogP contribution >= 0.6 is 0 Å². The Bertz CT molecular complexity index is 1210. The van der Waals surface area contributed by atoms with E-state index in [4.69, 9.17) is 18.9 Å². The number of allylic oxidation sites excluding steroid dienone is 16. The maximum atomic E-state index is 12.7. The molecule has 4 N–H and O–H groups in total. The fraction of sp³-hybridized carbons (Fsp3) is 0.600. The second kappa shape index (κ2) is 35.1. The summed E-state index contributed by atoms with van der Waals surface area (Å²) in [6.07, 6.45) is 38.5. The molecular weight excluding hydrogens is 700 g/mol. The first-order valence-electron chi connectivity index (χ1n) is 20.3. The molecule has 0 aromatic rings. The van der Waals surface area contributed by atoms with Gasteiger partial charge in [-0.25, -0.2) is 0 Å². The van der Waals surface area contributed by atoms with Gasteiger partial charge in [0.15, 0.2) is 12.4 Å². The number of rotatable bonds is 31. The van der Waals surface area contributed by atoms with Crippen molar-refractivity contribution in [2.75, 3.05) is 19.8 Å². The van der Waals surface area contributed by atoms with Crippen molar-refractivity contribution in [2.24, 2.45) is 0 Å². The van der Waals surface area contributed by atoms with Crippen molar-refractivity contribution in [3.8, 4) is 0 Å². The third kappa shape index (κ3) is 27.0. The number of ether oxygens (including phenoxy) is 4. The van der Waals surface area contributed by atoms with Crippen LogP contribution in [-0.2, 0) is 28.5 Å². The summed E-state index contributed by atoms with van der Waals surface area (Å²) in [6.45, 7) is 3.10. The molecule has 0 aromatic carbocycles. The molecule has 1 aliphatic heterocycles. The monoisotopic (exact) mass is 770 g/mol. The predicted octanol–water partition coefficient (Wildman–Crippen LogP) is 7.99. The third-order valence-electron chi connectivity index (χ3n) is 8.43. The Kier molecular flexibility index (Phi) is 31.6. The SMILES string of the molecule is CC/C=C\C/C=C\C/C=C\C/C=C\C/C=C\CCCC(=O)OC[C@H](CO[C@@H]1O[C@H](CO)[C@H](O)[C@H](O)[C@H]1O)OC(=O)CCCC/C=C\C/C=C\C/C=C\CCC. The van der Waals surface area contributed by atoms with Crippen LogP contribution in [0, 0.1) is 0 Å². The molecule has 1 aliphatic rings. The van der Waals surface area contributed by atoms with Crippen LogP contribution in [0.1, 0.15) is 117 Å². The zero-order valence-corrected chi connectivity index (χ0v) is 33.4. The highest BCUT2D eigenvalue weighted by Gasteiger charge is 2.44. The zero-order valence-electron chi connectivity index (χ0n) is 33.4. The quantitative estimate of drug-likeness (QED) is 0.0310. The number of carbonyl (C=O) groups is 2. The standard InChI is InChI=1S/C45H70O10/c1-3-5-7-9-11-13-15-17-18-19-20-22-23-25-27-29-31-33-40(47)52-36-38(37-53-45-44(51)43(50)42(49)39(35-46)55-45)54-41(48)34-32-30-28-26-24-21-16-14-12-10-8-6-4-2/h5,7-8,10-11,13-14,16-18,20,22,24-27,38-39,42-46,49-51H,3-4,6,9,12,15,19,21,23,28-37H2,1-2H3/b7-5-,10-8-,13-11-,16-14-,18-17-,22-20-,26-24-,27-25-/t38-,39-,42+,43+,44-,45-/m1/s1. The van der Waals surface area contributed by atoms with Crippen molar-refractivity contribution in [3.05, 3.63) is 97.2 Å². The molecule has 0 spiro atoms. The van der Waals surface area contributed by atoms with Gasteiger partial charge in [-0.15, -0.1) is 0 Å². The maximum absolute atomic E-state index is 12.7. The molecule has 10 nitrogen and oxygen atoms in total. The molecule has 0 radical (unpaired) electrons. The number of aliphatic hydroxyl groups excluding tert-OH is 4. The smallest absolute Gasteiger partial charge is 0.306 e. The minimum atomic E-state index is -1.62. The zero-order chi connectivity index (χ0) is 40.2. The van der Waals surface area contributed by atoms with Gasteiger partial charge in [0, 0.05) is 12.8 Å². The number of carbonyl (C=O) groups excluding carboxylic acids is 2. The molecule has 6 atom stereocenters. The van der Waals surface area contributed by atoms with Crippen LogP contribution in [0.15, 0.2) is 97.2 Å². The number of hydrogen-bond acceptors (Lipinski definition) is 10. The van der Waals surface area contributed by atoms with E-state index < -0.39 is 55.4 Å². The highest BCUT2D eigenvalue weighted by Crippen LogP contribution is 2.22. The summed E-state index contributed by atoms with van der Waals surface area (Å²) in [5.74, 6) is -0.935. The maximum Gasteiger partial charge on any atom is 0.306 e. The molecule has 0 unspecified atom stereocenters. The van der Waals surface area contributed by atoms with E-state index in [0.717, 1.165) is 70.6 Å². The Morgan fingerprint density at radius 1 is 0.582 bits per heavy atom. The van der Waals surface area contributed by atoms with Crippen LogP contribution in [0.5, 0.6) is 0 Å². The lowest BCUT2D eigenvalue weighted by Crippen LogP contribution is -2.59. The van der Waals surface area contributed by atoms with Gasteiger partial charge < -0.3 is 39.4 Å². The van der Waals surface area contributed by atoms with Gasteiger partial charge in [0.1, 0.15) is 31.0 Å². The van der Waals surface area contributed by atoms with Gasteiger partial charge in [-0.1, -0.05) is 117 Å². The van der Waals surface area contributed by atoms with Crippen molar-refractivity contribution in [1.82, 2.24) is 0 Å². The molecule has 1 fully saturated rings. The van der Waals surface area contributed by atoms with Crippen LogP contribution in [0.3, 0.4) is 0 Å². The summed E-state index contributed by atoms with van der Waals surface area (Å²) in [7, 11) is 0. The van der Waals surface area contributed by atoms with Crippen LogP contribution < -0.4 is 0 Å². The lowest BCUT2D eigenvalue weighted by atomic mass is 9.99. The molecule has 310 valence electrons. The molecule has 0 bridgehead atoms. The van der Waals surface area contributed by atoms with Gasteiger partial charge in [-0.2, -0.15) is 0 Å². The largest absolute Gasteiger partial charge is 0.462 e. The second-order valence-electron chi connectivity index (χ2n) is 13.3. The topological polar surface area (TPSA) is 152 Å². The lowest BCUT2D eigenvalue weighted by Gasteiger charge is -2.39. The highest BCUT2D eigenvalue weighted by atomic mass is 16.7. The molecule has 10 heteroatoms. The Hall–Kier alpha value is -3.38. The Labute approximate surface area is 330 Å². The number of unbranched alkanes of at least 4 members (excludes halogenated alkanes) is 4. The van der Waals surface area contributed by atoms with Crippen LogP contribution in [-0.4, -0.2) is 89.0 Å². The van der Waals surface area contributed by atoms with E-state index in [-0.39, 0.29) is 26.1 Å². The third-order valence-corrected chi connectivity index (χ3v) is 8.43. The van der Waals surface area contributed by atoms with E-state index in [0.29, 0.717) is 19.3 Å². The van der Waals surface area contributed by atoms with Crippen molar-refractivity contribution in [3.63, 3.8) is 0 Å². The lowest BCUT2D eigenvalue weighted by molar-refractivity contribution is -0.305. The predicted molar refractivity (Wildman–Crippen MR) is 219 cm³/mol. The molecule has 0 aliphatic carbocycles. The Morgan fingerprint density at radius 3 is 1.60 bits per heavy atom. The molecule has 55 heavy (non-hydrogen) atoms. The highest BCUT2D eigenvalue weighted by molar-refractivity contribution is 5.70. The van der Waals surface area contributed by atoms with E-state index in [2.05, 4.69) is 105 Å². The minimum Gasteiger partial charge on any atom is -0.462 e. The van der Waals surface area contributed by atoms with Crippen molar-refractivity contribution < 1.29 is 49.0 Å². The fourth-order valence-corrected chi connectivity index (χ4v) is 5.24. The second-order valence-corrected chi connectivity index (χ2v) is 13.3. The van der Waals surface area contributed by atoms with Crippen LogP contribution in [0.2, 0.25) is 0 Å². The molecule has 0 saturated carbocycles. The van der Waals surface area contributed by atoms with Crippen molar-refractivity contribution in [2.45, 2.75) is 153 Å². The summed E-state index contributed by atoms with van der Waals surface area (Å²) < 4.78 is 22.0. The van der Waals surface area contributed by atoms with Crippen molar-refractivity contribution in [1.29, 1.82) is 0 Å². The summed E-state index contributed by atoms with van der Waals surface area (Å²) >= 11 is 0. The van der Waals surface area contributed by atoms with E-state index >= 15 is 0 Å². The fourth-order valence-electron chi connectivity index (χ4n) is 5.24. The summed E-state index contributed by atoms with van der Waals surface area (Å²) in [6, 6.07) is 0. The van der Waals surface area contributed by atoms with Gasteiger partial charge in [0.05, 0.1) is 13.2 Å². The Balaban J connectivity index is 2.46. The number of hydrogen-bond donors (Lipinski definition) is 4. The van der Waals surface area contributed by atoms with Gasteiger partial charge in [-0.3, -0.25) is 9.59 Å². The van der Waals surface area contributed by atoms with E-state index in [1.165, 1.54) is 0 Å². The Morgan fingerprint density at radius 2 is 1.07 bits per heavy atom. The molecule has 1 heterocycles. The molecule has 1 rings (SSSR count). The van der Waals surface area contributed by atoms with Crippen molar-refractivity contribution >= 4 is 11.9 Å². The number of esters is 2. The van der Waals surface area contributed by atoms with E-state index in [9.17, 15) is 30.0 Å². The average molecular weight is 771 g/mol. The normalized spacial score (nSPS) is 21.6. The average Bonchev–Trinajstić information content (AvgIpc) is 3.18. The molecular formula is C45H70O10. The first kappa shape index (κ1) is 49.6. The molecule has 0 amide bonds. The van der Waals surface area contributed by atoms with Gasteiger partial charge in [0.2, 0.25) is 0 Å². The molecule has 1 saturated heterocycles. The van der Waals surface area contributed by atoms with E-state index in [1.54, 1.807) is 0 Å². The first-order chi connectivity index (χ1) is 26.8.